The number of likely N-dealkylation sites (tertiary alicyclic amines) is 1. The summed E-state index contributed by atoms with van der Waals surface area (Å²) < 4.78 is 0. The van der Waals surface area contributed by atoms with E-state index in [9.17, 15) is 0 Å². The van der Waals surface area contributed by atoms with Gasteiger partial charge in [0.25, 0.3) is 0 Å². The first-order chi connectivity index (χ1) is 8.93. The largest absolute Gasteiger partial charge is 0.364 e. The summed E-state index contributed by atoms with van der Waals surface area (Å²) in [6.45, 7) is 2.64. The third-order valence-electron chi connectivity index (χ3n) is 4.81. The van der Waals surface area contributed by atoms with E-state index < -0.39 is 0 Å². The van der Waals surface area contributed by atoms with Crippen LogP contribution in [0.3, 0.4) is 0 Å². The molecule has 1 aromatic heterocycles. The van der Waals surface area contributed by atoms with Crippen molar-refractivity contribution in [3.63, 3.8) is 0 Å². The summed E-state index contributed by atoms with van der Waals surface area (Å²) in [5.41, 5.74) is 1.43. The van der Waals surface area contributed by atoms with Gasteiger partial charge in [-0.25, -0.2) is 0 Å². The second-order valence-electron chi connectivity index (χ2n) is 6.14. The molecule has 0 bridgehead atoms. The summed E-state index contributed by atoms with van der Waals surface area (Å²) in [4.78, 5) is 6.15. The van der Waals surface area contributed by atoms with Crippen molar-refractivity contribution in [1.29, 1.82) is 0 Å². The molecule has 1 aliphatic carbocycles. The Morgan fingerprint density at radius 1 is 1.06 bits per heavy atom. The molecule has 18 heavy (non-hydrogen) atoms. The fraction of sp³-hybridized carbons (Fsp3) is 0.750. The third kappa shape index (κ3) is 2.80. The van der Waals surface area contributed by atoms with Crippen molar-refractivity contribution in [3.8, 4) is 0 Å². The maximum Gasteiger partial charge on any atom is 0.0498 e. The maximum atomic E-state index is 3.42. The van der Waals surface area contributed by atoms with Crippen molar-refractivity contribution in [3.05, 3.63) is 24.0 Å². The Morgan fingerprint density at radius 3 is 2.61 bits per heavy atom. The summed E-state index contributed by atoms with van der Waals surface area (Å²) in [6.07, 6.45) is 13.6. The fourth-order valence-corrected chi connectivity index (χ4v) is 3.83. The second kappa shape index (κ2) is 5.92. The van der Waals surface area contributed by atoms with Crippen LogP contribution in [0.2, 0.25) is 0 Å². The lowest BCUT2D eigenvalue weighted by molar-refractivity contribution is 0.202. The van der Waals surface area contributed by atoms with Crippen LogP contribution >= 0.6 is 0 Å². The highest BCUT2D eigenvalue weighted by atomic mass is 15.2. The molecule has 0 aromatic carbocycles. The number of hydrogen-bond donors (Lipinski definition) is 1. The van der Waals surface area contributed by atoms with Gasteiger partial charge in [0.15, 0.2) is 0 Å². The molecule has 1 aromatic rings. The molecule has 0 amide bonds. The Balaban J connectivity index is 1.60. The lowest BCUT2D eigenvalue weighted by atomic mass is 9.99. The molecule has 1 saturated heterocycles. The summed E-state index contributed by atoms with van der Waals surface area (Å²) in [6, 6.07) is 5.07. The van der Waals surface area contributed by atoms with Crippen LogP contribution in [0, 0.1) is 5.92 Å². The molecule has 1 atom stereocenters. The predicted molar refractivity (Wildman–Crippen MR) is 75.5 cm³/mol. The van der Waals surface area contributed by atoms with Crippen molar-refractivity contribution in [2.75, 3.05) is 13.1 Å². The zero-order chi connectivity index (χ0) is 12.2. The summed E-state index contributed by atoms with van der Waals surface area (Å²) in [7, 11) is 0. The zero-order valence-electron chi connectivity index (χ0n) is 11.4. The van der Waals surface area contributed by atoms with Gasteiger partial charge in [-0.1, -0.05) is 25.7 Å². The van der Waals surface area contributed by atoms with E-state index in [1.165, 1.54) is 70.2 Å². The lowest BCUT2D eigenvalue weighted by Gasteiger charge is -2.28. The number of aromatic nitrogens is 1. The standard InChI is InChI=1S/C16H26N2/c1-2-4-8-14(7-3-1)13-18-12-6-10-16(18)15-9-5-11-17-15/h5,9,11,14,16-17H,1-4,6-8,10,12-13H2/t16-/m0/s1. The average molecular weight is 246 g/mol. The molecule has 2 fully saturated rings. The Hall–Kier alpha value is -0.760. The van der Waals surface area contributed by atoms with Gasteiger partial charge in [-0.05, 0) is 50.3 Å². The molecule has 1 aliphatic heterocycles. The Labute approximate surface area is 111 Å². The van der Waals surface area contributed by atoms with E-state index in [4.69, 9.17) is 0 Å². The SMILES string of the molecule is c1c[nH]c([C@@H]2CCCN2CC2CCCCCC2)c1. The van der Waals surface area contributed by atoms with Gasteiger partial charge in [0, 0.05) is 24.5 Å². The van der Waals surface area contributed by atoms with E-state index >= 15 is 0 Å². The van der Waals surface area contributed by atoms with E-state index in [2.05, 4.69) is 28.2 Å². The number of aromatic amines is 1. The monoisotopic (exact) mass is 246 g/mol. The average Bonchev–Trinajstić information content (AvgIpc) is 2.97. The predicted octanol–water partition coefficient (Wildman–Crippen LogP) is 4.12. The molecular formula is C16H26N2. The molecule has 0 radical (unpaired) electrons. The van der Waals surface area contributed by atoms with Crippen LogP contribution in [-0.4, -0.2) is 23.0 Å². The van der Waals surface area contributed by atoms with Gasteiger partial charge in [0.05, 0.1) is 0 Å². The lowest BCUT2D eigenvalue weighted by Crippen LogP contribution is -2.29. The van der Waals surface area contributed by atoms with E-state index in [1.807, 2.05) is 0 Å². The van der Waals surface area contributed by atoms with Gasteiger partial charge in [-0.3, -0.25) is 4.90 Å². The van der Waals surface area contributed by atoms with Gasteiger partial charge in [0.2, 0.25) is 0 Å². The fourth-order valence-electron chi connectivity index (χ4n) is 3.83. The van der Waals surface area contributed by atoms with Gasteiger partial charge in [-0.15, -0.1) is 0 Å². The van der Waals surface area contributed by atoms with Crippen molar-refractivity contribution >= 4 is 0 Å². The molecule has 2 nitrogen and oxygen atoms in total. The summed E-state index contributed by atoms with van der Waals surface area (Å²) >= 11 is 0. The third-order valence-corrected chi connectivity index (χ3v) is 4.81. The molecule has 2 aliphatic rings. The molecule has 2 heteroatoms. The molecule has 100 valence electrons. The van der Waals surface area contributed by atoms with Crippen LogP contribution in [-0.2, 0) is 0 Å². The Kier molecular flexibility index (Phi) is 4.04. The molecule has 0 unspecified atom stereocenters. The normalized spacial score (nSPS) is 27.4. The van der Waals surface area contributed by atoms with Crippen LogP contribution in [0.15, 0.2) is 18.3 Å². The van der Waals surface area contributed by atoms with Crippen LogP contribution in [0.5, 0.6) is 0 Å². The number of hydrogen-bond acceptors (Lipinski definition) is 1. The second-order valence-corrected chi connectivity index (χ2v) is 6.14. The van der Waals surface area contributed by atoms with Crippen LogP contribution in [0.4, 0.5) is 0 Å². The van der Waals surface area contributed by atoms with E-state index in [0.717, 1.165) is 5.92 Å². The van der Waals surface area contributed by atoms with Crippen molar-refractivity contribution < 1.29 is 0 Å². The number of nitrogens with one attached hydrogen (secondary N) is 1. The van der Waals surface area contributed by atoms with Gasteiger partial charge < -0.3 is 4.98 Å². The minimum Gasteiger partial charge on any atom is -0.364 e. The molecule has 3 rings (SSSR count). The minimum atomic E-state index is 0.670. The molecule has 0 spiro atoms. The highest BCUT2D eigenvalue weighted by Gasteiger charge is 2.28. The Bertz CT molecular complexity index is 336. The first-order valence-corrected chi connectivity index (χ1v) is 7.81. The van der Waals surface area contributed by atoms with Crippen LogP contribution in [0.25, 0.3) is 0 Å². The number of rotatable bonds is 3. The Morgan fingerprint density at radius 2 is 1.89 bits per heavy atom. The zero-order valence-corrected chi connectivity index (χ0v) is 11.4. The molecule has 2 heterocycles. The highest BCUT2D eigenvalue weighted by molar-refractivity contribution is 5.11. The highest BCUT2D eigenvalue weighted by Crippen LogP contribution is 2.33. The van der Waals surface area contributed by atoms with E-state index in [-0.39, 0.29) is 0 Å². The number of nitrogens with zero attached hydrogens (tertiary/aromatic N) is 1. The maximum absolute atomic E-state index is 3.42. The first-order valence-electron chi connectivity index (χ1n) is 7.81. The summed E-state index contributed by atoms with van der Waals surface area (Å²) in [5.74, 6) is 0.961. The minimum absolute atomic E-state index is 0.670. The quantitative estimate of drug-likeness (QED) is 0.795. The molecule has 1 N–H and O–H groups in total. The van der Waals surface area contributed by atoms with Crippen molar-refractivity contribution in [1.82, 2.24) is 9.88 Å². The van der Waals surface area contributed by atoms with Gasteiger partial charge >= 0.3 is 0 Å². The van der Waals surface area contributed by atoms with Crippen LogP contribution in [0.1, 0.15) is 63.1 Å². The topological polar surface area (TPSA) is 19.0 Å². The van der Waals surface area contributed by atoms with Crippen LogP contribution < -0.4 is 0 Å². The van der Waals surface area contributed by atoms with E-state index in [0.29, 0.717) is 6.04 Å². The van der Waals surface area contributed by atoms with E-state index in [1.54, 1.807) is 0 Å². The number of H-pyrrole nitrogens is 1. The van der Waals surface area contributed by atoms with Crippen molar-refractivity contribution in [2.45, 2.75) is 57.4 Å². The molecule has 1 saturated carbocycles. The van der Waals surface area contributed by atoms with Crippen molar-refractivity contribution in [2.24, 2.45) is 5.92 Å². The summed E-state index contributed by atoms with van der Waals surface area (Å²) in [5, 5.41) is 0. The molecular weight excluding hydrogens is 220 g/mol. The first kappa shape index (κ1) is 12.3. The van der Waals surface area contributed by atoms with Gasteiger partial charge in [0.1, 0.15) is 0 Å². The van der Waals surface area contributed by atoms with Gasteiger partial charge in [-0.2, -0.15) is 0 Å². The smallest absolute Gasteiger partial charge is 0.0498 e.